The highest BCUT2D eigenvalue weighted by atomic mass is 16.4. The van der Waals surface area contributed by atoms with Gasteiger partial charge in [0.05, 0.1) is 0 Å². The molecule has 1 aliphatic heterocycles. The van der Waals surface area contributed by atoms with E-state index < -0.39 is 5.97 Å². The molecule has 0 atom stereocenters. The van der Waals surface area contributed by atoms with Crippen LogP contribution in [0, 0.1) is 0 Å². The average molecular weight is 251 g/mol. The fourth-order valence-corrected chi connectivity index (χ4v) is 2.17. The van der Waals surface area contributed by atoms with Crippen molar-refractivity contribution in [3.05, 3.63) is 23.7 Å². The van der Waals surface area contributed by atoms with Crippen molar-refractivity contribution in [1.82, 2.24) is 4.90 Å². The lowest BCUT2D eigenvalue weighted by Crippen LogP contribution is -2.31. The molecule has 0 bridgehead atoms. The zero-order valence-corrected chi connectivity index (χ0v) is 10.2. The Kier molecular flexibility index (Phi) is 4.02. The average Bonchev–Trinajstić information content (AvgIpc) is 2.63. The van der Waals surface area contributed by atoms with Crippen molar-refractivity contribution in [3.63, 3.8) is 0 Å². The number of likely N-dealkylation sites (tertiary alicyclic amines) is 1. The highest BCUT2D eigenvalue weighted by Crippen LogP contribution is 2.15. The molecule has 5 nitrogen and oxygen atoms in total. The van der Waals surface area contributed by atoms with Gasteiger partial charge in [0.1, 0.15) is 12.2 Å². The Hall–Kier alpha value is -1.78. The molecule has 1 N–H and O–H groups in total. The van der Waals surface area contributed by atoms with Gasteiger partial charge in [0, 0.05) is 13.1 Å². The number of hydrogen-bond acceptors (Lipinski definition) is 3. The molecule has 98 valence electrons. The van der Waals surface area contributed by atoms with Crippen molar-refractivity contribution in [2.75, 3.05) is 13.1 Å². The lowest BCUT2D eigenvalue weighted by Gasteiger charge is -2.18. The second-order valence-corrected chi connectivity index (χ2v) is 4.54. The Labute approximate surface area is 105 Å². The first-order valence-electron chi connectivity index (χ1n) is 6.26. The minimum atomic E-state index is -0.960. The van der Waals surface area contributed by atoms with Gasteiger partial charge in [-0.3, -0.25) is 9.59 Å². The fraction of sp³-hybridized carbons (Fsp3) is 0.538. The highest BCUT2D eigenvalue weighted by molar-refractivity contribution is 5.91. The molecule has 0 saturated carbocycles. The summed E-state index contributed by atoms with van der Waals surface area (Å²) in [5.74, 6) is -0.527. The SMILES string of the molecule is O=C(O)Cc1ccc(C(=O)N2CCCCCC2)o1. The van der Waals surface area contributed by atoms with Crippen molar-refractivity contribution in [1.29, 1.82) is 0 Å². The standard InChI is InChI=1S/C13H17NO4/c15-12(16)9-10-5-6-11(18-10)13(17)14-7-3-1-2-4-8-14/h5-6H,1-4,7-9H2,(H,15,16). The molecule has 1 amide bonds. The third-order valence-corrected chi connectivity index (χ3v) is 3.09. The van der Waals surface area contributed by atoms with Crippen LogP contribution in [0.2, 0.25) is 0 Å². The van der Waals surface area contributed by atoms with Crippen LogP contribution in [0.5, 0.6) is 0 Å². The van der Waals surface area contributed by atoms with E-state index in [0.29, 0.717) is 5.76 Å². The summed E-state index contributed by atoms with van der Waals surface area (Å²) in [6.07, 6.45) is 4.18. The van der Waals surface area contributed by atoms with Crippen LogP contribution >= 0.6 is 0 Å². The summed E-state index contributed by atoms with van der Waals surface area (Å²) in [5, 5.41) is 8.65. The molecule has 0 aliphatic carbocycles. The van der Waals surface area contributed by atoms with Crippen LogP contribution in [0.1, 0.15) is 42.0 Å². The Morgan fingerprint density at radius 1 is 1.17 bits per heavy atom. The van der Waals surface area contributed by atoms with Crippen LogP contribution in [0.25, 0.3) is 0 Å². The van der Waals surface area contributed by atoms with E-state index in [0.717, 1.165) is 38.8 Å². The molecule has 1 aromatic rings. The van der Waals surface area contributed by atoms with Gasteiger partial charge in [-0.15, -0.1) is 0 Å². The van der Waals surface area contributed by atoms with Crippen LogP contribution < -0.4 is 0 Å². The summed E-state index contributed by atoms with van der Waals surface area (Å²) >= 11 is 0. The van der Waals surface area contributed by atoms with Crippen molar-refractivity contribution in [2.45, 2.75) is 32.1 Å². The zero-order chi connectivity index (χ0) is 13.0. The van der Waals surface area contributed by atoms with Gasteiger partial charge in [-0.1, -0.05) is 12.8 Å². The number of nitrogens with zero attached hydrogens (tertiary/aromatic N) is 1. The van der Waals surface area contributed by atoms with Gasteiger partial charge in [0.25, 0.3) is 5.91 Å². The molecule has 1 aliphatic rings. The molecule has 0 radical (unpaired) electrons. The maximum Gasteiger partial charge on any atom is 0.311 e. The van der Waals surface area contributed by atoms with E-state index >= 15 is 0 Å². The summed E-state index contributed by atoms with van der Waals surface area (Å²) in [6.45, 7) is 1.52. The third kappa shape index (κ3) is 3.12. The first-order valence-corrected chi connectivity index (χ1v) is 6.26. The molecule has 1 saturated heterocycles. The summed E-state index contributed by atoms with van der Waals surface area (Å²) < 4.78 is 5.28. The minimum absolute atomic E-state index is 0.131. The molecule has 18 heavy (non-hydrogen) atoms. The molecular formula is C13H17NO4. The fourth-order valence-electron chi connectivity index (χ4n) is 2.17. The number of carbonyl (C=O) groups is 2. The normalized spacial score (nSPS) is 16.3. The largest absolute Gasteiger partial charge is 0.481 e. The number of aliphatic carboxylic acids is 1. The molecule has 2 heterocycles. The summed E-state index contributed by atoms with van der Waals surface area (Å²) in [6, 6.07) is 3.12. The number of carboxylic acids is 1. The molecule has 5 heteroatoms. The first kappa shape index (κ1) is 12.7. The van der Waals surface area contributed by atoms with Crippen molar-refractivity contribution in [3.8, 4) is 0 Å². The molecular weight excluding hydrogens is 234 g/mol. The minimum Gasteiger partial charge on any atom is -0.481 e. The van der Waals surface area contributed by atoms with Crippen molar-refractivity contribution in [2.24, 2.45) is 0 Å². The number of rotatable bonds is 3. The second-order valence-electron chi connectivity index (χ2n) is 4.54. The first-order chi connectivity index (χ1) is 8.66. The number of hydrogen-bond donors (Lipinski definition) is 1. The predicted molar refractivity (Wildman–Crippen MR) is 64.4 cm³/mol. The van der Waals surface area contributed by atoms with Crippen molar-refractivity contribution < 1.29 is 19.1 Å². The van der Waals surface area contributed by atoms with E-state index in [4.69, 9.17) is 9.52 Å². The van der Waals surface area contributed by atoms with Crippen LogP contribution in [0.15, 0.2) is 16.5 Å². The highest BCUT2D eigenvalue weighted by Gasteiger charge is 2.20. The van der Waals surface area contributed by atoms with Gasteiger partial charge in [-0.2, -0.15) is 0 Å². The number of furan rings is 1. The second kappa shape index (κ2) is 5.71. The van der Waals surface area contributed by atoms with E-state index in [1.807, 2.05) is 0 Å². The Morgan fingerprint density at radius 2 is 1.83 bits per heavy atom. The summed E-state index contributed by atoms with van der Waals surface area (Å²) in [5.41, 5.74) is 0. The Balaban J connectivity index is 2.03. The topological polar surface area (TPSA) is 70.8 Å². The summed E-state index contributed by atoms with van der Waals surface area (Å²) in [4.78, 5) is 24.5. The Bertz CT molecular complexity index is 430. The van der Waals surface area contributed by atoms with Crippen LogP contribution in [-0.4, -0.2) is 35.0 Å². The van der Waals surface area contributed by atoms with Crippen LogP contribution in [0.4, 0.5) is 0 Å². The maximum absolute atomic E-state index is 12.1. The molecule has 0 unspecified atom stereocenters. The van der Waals surface area contributed by atoms with E-state index in [9.17, 15) is 9.59 Å². The molecule has 1 aromatic heterocycles. The van der Waals surface area contributed by atoms with Gasteiger partial charge in [-0.25, -0.2) is 0 Å². The molecule has 1 fully saturated rings. The molecule has 0 spiro atoms. The van der Waals surface area contributed by atoms with Crippen LogP contribution in [0.3, 0.4) is 0 Å². The van der Waals surface area contributed by atoms with Gasteiger partial charge < -0.3 is 14.4 Å². The maximum atomic E-state index is 12.1. The smallest absolute Gasteiger partial charge is 0.311 e. The number of amides is 1. The van der Waals surface area contributed by atoms with E-state index in [1.165, 1.54) is 0 Å². The third-order valence-electron chi connectivity index (χ3n) is 3.09. The Morgan fingerprint density at radius 3 is 2.44 bits per heavy atom. The van der Waals surface area contributed by atoms with E-state index in [2.05, 4.69) is 0 Å². The molecule has 2 rings (SSSR count). The lowest BCUT2D eigenvalue weighted by atomic mass is 10.2. The summed E-state index contributed by atoms with van der Waals surface area (Å²) in [7, 11) is 0. The van der Waals surface area contributed by atoms with Gasteiger partial charge >= 0.3 is 5.97 Å². The van der Waals surface area contributed by atoms with Crippen LogP contribution in [-0.2, 0) is 11.2 Å². The van der Waals surface area contributed by atoms with Gasteiger partial charge in [0.2, 0.25) is 0 Å². The predicted octanol–water partition coefficient (Wildman–Crippen LogP) is 1.92. The quantitative estimate of drug-likeness (QED) is 0.891. The molecule has 0 aromatic carbocycles. The van der Waals surface area contributed by atoms with E-state index in [-0.39, 0.29) is 18.1 Å². The number of carboxylic acid groups (broad SMARTS) is 1. The van der Waals surface area contributed by atoms with Gasteiger partial charge in [0.15, 0.2) is 5.76 Å². The monoisotopic (exact) mass is 251 g/mol. The lowest BCUT2D eigenvalue weighted by molar-refractivity contribution is -0.136. The van der Waals surface area contributed by atoms with Gasteiger partial charge in [-0.05, 0) is 25.0 Å². The number of carbonyl (C=O) groups excluding carboxylic acids is 1. The van der Waals surface area contributed by atoms with Crippen molar-refractivity contribution >= 4 is 11.9 Å². The zero-order valence-electron chi connectivity index (χ0n) is 10.2. The van der Waals surface area contributed by atoms with E-state index in [1.54, 1.807) is 17.0 Å².